The number of thiazole rings is 1. The van der Waals surface area contributed by atoms with Gasteiger partial charge in [0.25, 0.3) is 0 Å². The van der Waals surface area contributed by atoms with E-state index >= 15 is 0 Å². The van der Waals surface area contributed by atoms with Crippen LogP contribution in [-0.2, 0) is 10.8 Å². The highest BCUT2D eigenvalue weighted by molar-refractivity contribution is 7.14. The van der Waals surface area contributed by atoms with Crippen LogP contribution in [0.2, 0.25) is 0 Å². The van der Waals surface area contributed by atoms with Crippen LogP contribution in [-0.4, -0.2) is 24.6 Å². The van der Waals surface area contributed by atoms with E-state index in [0.29, 0.717) is 5.92 Å². The number of benzene rings is 1. The smallest absolute Gasteiger partial charge is 0.185 e. The van der Waals surface area contributed by atoms with Gasteiger partial charge in [-0.1, -0.05) is 39.8 Å². The van der Waals surface area contributed by atoms with Crippen molar-refractivity contribution in [2.24, 2.45) is 11.7 Å². The average molecular weight is 384 g/mol. The summed E-state index contributed by atoms with van der Waals surface area (Å²) in [4.78, 5) is 7.44. The molecule has 0 spiro atoms. The molecular formula is C23H33N3S. The molecule has 0 atom stereocenters. The Bertz CT molecular complexity index is 813. The molecule has 4 rings (SSSR count). The van der Waals surface area contributed by atoms with Gasteiger partial charge in [0, 0.05) is 24.0 Å². The van der Waals surface area contributed by atoms with E-state index in [2.05, 4.69) is 56.2 Å². The summed E-state index contributed by atoms with van der Waals surface area (Å²) >= 11 is 1.78. The Labute approximate surface area is 168 Å². The molecule has 0 unspecified atom stereocenters. The second-order valence-corrected chi connectivity index (χ2v) is 10.5. The van der Waals surface area contributed by atoms with Crippen LogP contribution in [0.4, 0.5) is 5.13 Å². The van der Waals surface area contributed by atoms with E-state index < -0.39 is 0 Å². The first-order valence-electron chi connectivity index (χ1n) is 10.4. The number of anilines is 1. The quantitative estimate of drug-likeness (QED) is 0.778. The average Bonchev–Trinajstić information content (AvgIpc) is 3.15. The van der Waals surface area contributed by atoms with E-state index in [0.717, 1.165) is 30.5 Å². The van der Waals surface area contributed by atoms with Gasteiger partial charge in [-0.05, 0) is 66.2 Å². The van der Waals surface area contributed by atoms with Gasteiger partial charge in [-0.3, -0.25) is 0 Å². The van der Waals surface area contributed by atoms with Gasteiger partial charge in [0.05, 0.1) is 5.69 Å². The van der Waals surface area contributed by atoms with Gasteiger partial charge >= 0.3 is 0 Å². The third-order valence-corrected chi connectivity index (χ3v) is 7.76. The van der Waals surface area contributed by atoms with Crippen molar-refractivity contribution in [1.82, 2.24) is 4.98 Å². The minimum absolute atomic E-state index is 0.240. The van der Waals surface area contributed by atoms with Crippen molar-refractivity contribution in [3.63, 3.8) is 0 Å². The molecule has 0 amide bonds. The van der Waals surface area contributed by atoms with Crippen molar-refractivity contribution in [2.75, 3.05) is 24.5 Å². The number of piperidine rings is 1. The van der Waals surface area contributed by atoms with Crippen molar-refractivity contribution in [2.45, 2.75) is 64.2 Å². The van der Waals surface area contributed by atoms with Crippen LogP contribution in [0.5, 0.6) is 0 Å². The predicted molar refractivity (Wildman–Crippen MR) is 117 cm³/mol. The molecule has 3 nitrogen and oxygen atoms in total. The Morgan fingerprint density at radius 2 is 1.74 bits per heavy atom. The molecule has 0 bridgehead atoms. The first-order chi connectivity index (χ1) is 12.8. The molecule has 1 fully saturated rings. The Morgan fingerprint density at radius 1 is 1.07 bits per heavy atom. The maximum absolute atomic E-state index is 5.83. The van der Waals surface area contributed by atoms with Crippen LogP contribution >= 0.6 is 11.3 Å². The second-order valence-electron chi connectivity index (χ2n) is 9.71. The summed E-state index contributed by atoms with van der Waals surface area (Å²) in [7, 11) is 0. The highest BCUT2D eigenvalue weighted by Crippen LogP contribution is 2.47. The lowest BCUT2D eigenvalue weighted by Crippen LogP contribution is -2.35. The normalized spacial score (nSPS) is 21.9. The van der Waals surface area contributed by atoms with Crippen molar-refractivity contribution in [3.8, 4) is 11.3 Å². The summed E-state index contributed by atoms with van der Waals surface area (Å²) < 4.78 is 0. The molecule has 146 valence electrons. The van der Waals surface area contributed by atoms with E-state index in [1.165, 1.54) is 42.4 Å². The standard InChI is InChI=1S/C23H33N3S/c1-22(2)9-10-23(3,4)19-13-17(5-6-18(19)22)20-15-27-21(25-20)26-11-7-16(14-24)8-12-26/h5-6,13,15-16H,7-12,14,24H2,1-4H3. The summed E-state index contributed by atoms with van der Waals surface area (Å²) in [6, 6.07) is 7.05. The molecule has 27 heavy (non-hydrogen) atoms. The van der Waals surface area contributed by atoms with Crippen LogP contribution in [0.15, 0.2) is 23.6 Å². The Morgan fingerprint density at radius 3 is 2.41 bits per heavy atom. The van der Waals surface area contributed by atoms with E-state index in [1.54, 1.807) is 11.3 Å². The molecule has 0 radical (unpaired) electrons. The molecule has 1 aliphatic carbocycles. The number of nitrogens with zero attached hydrogens (tertiary/aromatic N) is 2. The minimum atomic E-state index is 0.240. The third kappa shape index (κ3) is 3.54. The highest BCUT2D eigenvalue weighted by atomic mass is 32.1. The summed E-state index contributed by atoms with van der Waals surface area (Å²) in [5.74, 6) is 0.687. The van der Waals surface area contributed by atoms with Gasteiger partial charge in [0.2, 0.25) is 0 Å². The molecule has 1 aliphatic heterocycles. The van der Waals surface area contributed by atoms with Crippen LogP contribution in [0, 0.1) is 5.92 Å². The van der Waals surface area contributed by atoms with Crippen LogP contribution < -0.4 is 10.6 Å². The zero-order chi connectivity index (χ0) is 19.2. The van der Waals surface area contributed by atoms with Gasteiger partial charge in [0.1, 0.15) is 0 Å². The zero-order valence-electron chi connectivity index (χ0n) is 17.2. The van der Waals surface area contributed by atoms with E-state index in [-0.39, 0.29) is 10.8 Å². The number of aromatic nitrogens is 1. The molecule has 0 saturated carbocycles. The first-order valence-corrected chi connectivity index (χ1v) is 11.2. The van der Waals surface area contributed by atoms with Gasteiger partial charge in [-0.2, -0.15) is 0 Å². The first kappa shape index (κ1) is 18.9. The van der Waals surface area contributed by atoms with Crippen LogP contribution in [0.25, 0.3) is 11.3 Å². The van der Waals surface area contributed by atoms with E-state index in [4.69, 9.17) is 10.7 Å². The number of rotatable bonds is 3. The lowest BCUT2D eigenvalue weighted by molar-refractivity contribution is 0.332. The fourth-order valence-corrected chi connectivity index (χ4v) is 5.54. The van der Waals surface area contributed by atoms with E-state index in [9.17, 15) is 0 Å². The van der Waals surface area contributed by atoms with Crippen molar-refractivity contribution in [3.05, 3.63) is 34.7 Å². The van der Waals surface area contributed by atoms with Gasteiger partial charge in [0.15, 0.2) is 5.13 Å². The molecule has 1 saturated heterocycles. The topological polar surface area (TPSA) is 42.1 Å². The third-order valence-electron chi connectivity index (χ3n) is 6.86. The molecule has 2 heterocycles. The fraction of sp³-hybridized carbons (Fsp3) is 0.609. The summed E-state index contributed by atoms with van der Waals surface area (Å²) in [5, 5.41) is 3.39. The van der Waals surface area contributed by atoms with E-state index in [1.807, 2.05) is 0 Å². The summed E-state index contributed by atoms with van der Waals surface area (Å²) in [6.07, 6.45) is 4.88. The van der Waals surface area contributed by atoms with Gasteiger partial charge < -0.3 is 10.6 Å². The molecule has 1 aromatic heterocycles. The molecule has 2 N–H and O–H groups in total. The highest BCUT2D eigenvalue weighted by Gasteiger charge is 2.37. The molecular weight excluding hydrogens is 350 g/mol. The van der Waals surface area contributed by atoms with Crippen molar-refractivity contribution < 1.29 is 0 Å². The Hall–Kier alpha value is -1.39. The zero-order valence-corrected chi connectivity index (χ0v) is 18.0. The summed E-state index contributed by atoms with van der Waals surface area (Å²) in [6.45, 7) is 12.5. The maximum Gasteiger partial charge on any atom is 0.185 e. The van der Waals surface area contributed by atoms with Crippen LogP contribution in [0.1, 0.15) is 64.5 Å². The number of hydrogen-bond donors (Lipinski definition) is 1. The Balaban J connectivity index is 1.61. The molecule has 1 aromatic carbocycles. The number of nitrogens with two attached hydrogens (primary N) is 1. The lowest BCUT2D eigenvalue weighted by atomic mass is 9.63. The number of hydrogen-bond acceptors (Lipinski definition) is 4. The largest absolute Gasteiger partial charge is 0.348 e. The van der Waals surface area contributed by atoms with Gasteiger partial charge in [-0.25, -0.2) is 4.98 Å². The minimum Gasteiger partial charge on any atom is -0.348 e. The lowest BCUT2D eigenvalue weighted by Gasteiger charge is -2.42. The maximum atomic E-state index is 5.83. The predicted octanol–water partition coefficient (Wildman–Crippen LogP) is 5.33. The molecule has 4 heteroatoms. The fourth-order valence-electron chi connectivity index (χ4n) is 4.65. The van der Waals surface area contributed by atoms with Crippen LogP contribution in [0.3, 0.4) is 0 Å². The number of fused-ring (bicyclic) bond motifs is 1. The molecule has 2 aromatic rings. The monoisotopic (exact) mass is 383 g/mol. The second kappa shape index (κ2) is 6.89. The van der Waals surface area contributed by atoms with Crippen molar-refractivity contribution in [1.29, 1.82) is 0 Å². The molecule has 2 aliphatic rings. The van der Waals surface area contributed by atoms with Crippen molar-refractivity contribution >= 4 is 16.5 Å². The summed E-state index contributed by atoms with van der Waals surface area (Å²) in [5.41, 5.74) is 11.8. The Kier molecular flexibility index (Phi) is 4.84. The van der Waals surface area contributed by atoms with Gasteiger partial charge in [-0.15, -0.1) is 11.3 Å². The SMILES string of the molecule is CC1(C)CCC(C)(C)c2cc(-c3csc(N4CCC(CN)CC4)n3)ccc21.